The van der Waals surface area contributed by atoms with Gasteiger partial charge in [-0.25, -0.2) is 0 Å². The van der Waals surface area contributed by atoms with Crippen LogP contribution in [0.2, 0.25) is 0 Å². The van der Waals surface area contributed by atoms with Crippen molar-refractivity contribution >= 4 is 0 Å². The fourth-order valence-electron chi connectivity index (χ4n) is 2.05. The van der Waals surface area contributed by atoms with Crippen molar-refractivity contribution in [2.45, 2.75) is 60.1 Å². The molecule has 1 unspecified atom stereocenters. The second kappa shape index (κ2) is 6.98. The molecule has 0 aliphatic carbocycles. The first kappa shape index (κ1) is 17.2. The molecule has 1 N–H and O–H groups in total. The maximum absolute atomic E-state index is 9.86. The summed E-state index contributed by atoms with van der Waals surface area (Å²) < 4.78 is 0. The Morgan fingerprint density at radius 3 is 2.11 bits per heavy atom. The van der Waals surface area contributed by atoms with Gasteiger partial charge in [0, 0.05) is 18.0 Å². The van der Waals surface area contributed by atoms with Gasteiger partial charge in [0.25, 0.3) is 0 Å². The predicted octanol–water partition coefficient (Wildman–Crippen LogP) is 3.83. The van der Waals surface area contributed by atoms with Crippen LogP contribution in [-0.2, 0) is 0 Å². The highest BCUT2D eigenvalue weighted by atomic mass is 16.3. The first-order valence-electron chi connectivity index (χ1n) is 6.93. The third-order valence-corrected chi connectivity index (χ3v) is 4.21. The number of aliphatic hydroxyl groups excluding tert-OH is 1. The van der Waals surface area contributed by atoms with E-state index in [1.54, 1.807) is 0 Å². The van der Waals surface area contributed by atoms with E-state index in [9.17, 15) is 5.11 Å². The zero-order valence-electron chi connectivity index (χ0n) is 13.0. The van der Waals surface area contributed by atoms with E-state index in [0.29, 0.717) is 12.0 Å². The molecule has 2 heteroatoms. The first-order valence-corrected chi connectivity index (χ1v) is 6.93. The van der Waals surface area contributed by atoms with Gasteiger partial charge in [-0.3, -0.25) is 0 Å². The molecule has 0 aromatic carbocycles. The van der Waals surface area contributed by atoms with Gasteiger partial charge >= 0.3 is 0 Å². The van der Waals surface area contributed by atoms with E-state index in [2.05, 4.69) is 52.7 Å². The Balaban J connectivity index is 4.90. The van der Waals surface area contributed by atoms with E-state index >= 15 is 0 Å². The average molecular weight is 253 g/mol. The molecule has 0 aliphatic heterocycles. The number of aliphatic hydroxyl groups is 1. The molecule has 0 aromatic heterocycles. The van der Waals surface area contributed by atoms with Crippen LogP contribution >= 0.6 is 0 Å². The molecule has 0 aromatic rings. The SMILES string of the molecule is C=CN(CC)[C@@H](CC(=C)C(C)(C)C(C)O)C(C)C. The van der Waals surface area contributed by atoms with Gasteiger partial charge in [0.15, 0.2) is 0 Å². The second-order valence-corrected chi connectivity index (χ2v) is 6.03. The zero-order valence-corrected chi connectivity index (χ0v) is 13.0. The predicted molar refractivity (Wildman–Crippen MR) is 80.4 cm³/mol. The van der Waals surface area contributed by atoms with Gasteiger partial charge in [0.05, 0.1) is 6.10 Å². The van der Waals surface area contributed by atoms with Gasteiger partial charge in [-0.2, -0.15) is 0 Å². The zero-order chi connectivity index (χ0) is 14.5. The van der Waals surface area contributed by atoms with Crippen molar-refractivity contribution in [1.29, 1.82) is 0 Å². The molecule has 18 heavy (non-hydrogen) atoms. The molecular formula is C16H31NO. The molecule has 0 fully saturated rings. The lowest BCUT2D eigenvalue weighted by Gasteiger charge is -2.38. The summed E-state index contributed by atoms with van der Waals surface area (Å²) in [7, 11) is 0. The maximum atomic E-state index is 9.86. The summed E-state index contributed by atoms with van der Waals surface area (Å²) in [4.78, 5) is 2.26. The Labute approximate surface area is 113 Å². The summed E-state index contributed by atoms with van der Waals surface area (Å²) in [5, 5.41) is 9.86. The van der Waals surface area contributed by atoms with Gasteiger partial charge < -0.3 is 10.0 Å². The van der Waals surface area contributed by atoms with Crippen LogP contribution in [0.25, 0.3) is 0 Å². The van der Waals surface area contributed by atoms with Crippen LogP contribution in [0.3, 0.4) is 0 Å². The Hall–Kier alpha value is -0.760. The van der Waals surface area contributed by atoms with Gasteiger partial charge in [-0.1, -0.05) is 46.4 Å². The Bertz CT molecular complexity index is 279. The van der Waals surface area contributed by atoms with Crippen LogP contribution in [0.15, 0.2) is 24.9 Å². The molecule has 0 spiro atoms. The normalized spacial score (nSPS) is 15.3. The minimum Gasteiger partial charge on any atom is -0.393 e. The summed E-state index contributed by atoms with van der Waals surface area (Å²) in [5.41, 5.74) is 0.866. The van der Waals surface area contributed by atoms with Crippen LogP contribution in [0.4, 0.5) is 0 Å². The molecule has 0 radical (unpaired) electrons. The minimum absolute atomic E-state index is 0.242. The van der Waals surface area contributed by atoms with Crippen LogP contribution in [0.5, 0.6) is 0 Å². The van der Waals surface area contributed by atoms with Crippen molar-refractivity contribution in [1.82, 2.24) is 4.90 Å². The Morgan fingerprint density at radius 2 is 1.83 bits per heavy atom. The second-order valence-electron chi connectivity index (χ2n) is 6.03. The molecule has 0 bridgehead atoms. The van der Waals surface area contributed by atoms with E-state index in [1.165, 1.54) is 0 Å². The molecule has 2 atom stereocenters. The Morgan fingerprint density at radius 1 is 1.33 bits per heavy atom. The lowest BCUT2D eigenvalue weighted by Crippen LogP contribution is -2.38. The summed E-state index contributed by atoms with van der Waals surface area (Å²) in [6, 6.07) is 0.401. The highest BCUT2D eigenvalue weighted by Gasteiger charge is 2.30. The van der Waals surface area contributed by atoms with E-state index < -0.39 is 0 Å². The van der Waals surface area contributed by atoms with E-state index in [1.807, 2.05) is 13.1 Å². The smallest absolute Gasteiger partial charge is 0.0599 e. The summed E-state index contributed by atoms with van der Waals surface area (Å²) in [5.74, 6) is 0.532. The largest absolute Gasteiger partial charge is 0.393 e. The third-order valence-electron chi connectivity index (χ3n) is 4.21. The first-order chi connectivity index (χ1) is 8.18. The monoisotopic (exact) mass is 253 g/mol. The summed E-state index contributed by atoms with van der Waals surface area (Å²) in [6.45, 7) is 21.6. The van der Waals surface area contributed by atoms with Gasteiger partial charge in [0.2, 0.25) is 0 Å². The highest BCUT2D eigenvalue weighted by Crippen LogP contribution is 2.34. The average Bonchev–Trinajstić information content (AvgIpc) is 2.28. The number of hydrogen-bond acceptors (Lipinski definition) is 2. The standard InChI is InChI=1S/C16H31NO/c1-9-17(10-2)15(12(3)4)11-13(5)16(7,8)14(6)18/h9,12,14-15,18H,1,5,10-11H2,2-4,6-8H3/t14?,15-/m0/s1. The number of rotatable bonds is 8. The fourth-order valence-corrected chi connectivity index (χ4v) is 2.05. The quantitative estimate of drug-likeness (QED) is 0.665. The van der Waals surface area contributed by atoms with E-state index in [4.69, 9.17) is 0 Å². The lowest BCUT2D eigenvalue weighted by molar-refractivity contribution is 0.0850. The molecule has 0 saturated heterocycles. The molecule has 0 aliphatic rings. The van der Waals surface area contributed by atoms with E-state index in [-0.39, 0.29) is 11.5 Å². The molecule has 0 amide bonds. The molecular weight excluding hydrogens is 222 g/mol. The van der Waals surface area contributed by atoms with Crippen molar-refractivity contribution in [2.24, 2.45) is 11.3 Å². The minimum atomic E-state index is -0.378. The number of hydrogen-bond donors (Lipinski definition) is 1. The fraction of sp³-hybridized carbons (Fsp3) is 0.750. The molecule has 106 valence electrons. The summed E-state index contributed by atoms with van der Waals surface area (Å²) >= 11 is 0. The molecule has 0 rings (SSSR count). The van der Waals surface area contributed by atoms with Crippen molar-refractivity contribution in [2.75, 3.05) is 6.54 Å². The van der Waals surface area contributed by atoms with Crippen LogP contribution in [-0.4, -0.2) is 28.7 Å². The van der Waals surface area contributed by atoms with Crippen LogP contribution in [0, 0.1) is 11.3 Å². The molecule has 2 nitrogen and oxygen atoms in total. The maximum Gasteiger partial charge on any atom is 0.0599 e. The summed E-state index contributed by atoms with van der Waals surface area (Å²) in [6.07, 6.45) is 2.43. The topological polar surface area (TPSA) is 23.5 Å². The highest BCUT2D eigenvalue weighted by molar-refractivity contribution is 5.12. The van der Waals surface area contributed by atoms with Crippen molar-refractivity contribution < 1.29 is 5.11 Å². The van der Waals surface area contributed by atoms with Gasteiger partial charge in [0.1, 0.15) is 0 Å². The van der Waals surface area contributed by atoms with Gasteiger partial charge in [-0.15, -0.1) is 0 Å². The van der Waals surface area contributed by atoms with Gasteiger partial charge in [-0.05, 0) is 32.4 Å². The lowest BCUT2D eigenvalue weighted by atomic mass is 9.76. The van der Waals surface area contributed by atoms with Crippen molar-refractivity contribution in [3.63, 3.8) is 0 Å². The van der Waals surface area contributed by atoms with E-state index in [0.717, 1.165) is 18.5 Å². The molecule has 0 heterocycles. The van der Waals surface area contributed by atoms with Crippen LogP contribution in [0.1, 0.15) is 48.0 Å². The Kier molecular flexibility index (Phi) is 6.69. The molecule has 0 saturated carbocycles. The van der Waals surface area contributed by atoms with Crippen LogP contribution < -0.4 is 0 Å². The third kappa shape index (κ3) is 4.16. The van der Waals surface area contributed by atoms with Crippen molar-refractivity contribution in [3.05, 3.63) is 24.9 Å². The number of nitrogens with zero attached hydrogens (tertiary/aromatic N) is 1. The van der Waals surface area contributed by atoms with Crippen molar-refractivity contribution in [3.8, 4) is 0 Å².